The first kappa shape index (κ1) is 14.4. The van der Waals surface area contributed by atoms with Gasteiger partial charge in [-0.25, -0.2) is 0 Å². The van der Waals surface area contributed by atoms with Crippen LogP contribution in [0.15, 0.2) is 30.3 Å². The third kappa shape index (κ3) is 4.27. The van der Waals surface area contributed by atoms with Crippen molar-refractivity contribution in [3.8, 4) is 0 Å². The number of amides is 1. The molecule has 1 aromatic carbocycles. The monoisotopic (exact) mass is 277 g/mol. The number of nitrogens with zero attached hydrogens (tertiary/aromatic N) is 1. The summed E-state index contributed by atoms with van der Waals surface area (Å²) in [7, 11) is 0. The van der Waals surface area contributed by atoms with E-state index in [9.17, 15) is 4.79 Å². The van der Waals surface area contributed by atoms with Crippen LogP contribution in [0.3, 0.4) is 0 Å². The molecule has 0 aromatic heterocycles. The van der Waals surface area contributed by atoms with Gasteiger partial charge in [-0.15, -0.1) is 0 Å². The minimum absolute atomic E-state index is 0.323. The topological polar surface area (TPSA) is 20.3 Å². The van der Waals surface area contributed by atoms with Crippen molar-refractivity contribution in [1.29, 1.82) is 0 Å². The van der Waals surface area contributed by atoms with Crippen LogP contribution in [0.4, 0.5) is 0 Å². The van der Waals surface area contributed by atoms with E-state index in [1.54, 1.807) is 0 Å². The molecular formula is C16H23NOS. The Bertz CT molecular complexity index is 404. The molecule has 1 aliphatic heterocycles. The Kier molecular flexibility index (Phi) is 5.32. The number of carbonyl (C=O) groups is 1. The van der Waals surface area contributed by atoms with Crippen LogP contribution in [0.25, 0.3) is 0 Å². The fraction of sp³-hybridized carbons (Fsp3) is 0.562. The van der Waals surface area contributed by atoms with E-state index in [-0.39, 0.29) is 0 Å². The molecule has 2 nitrogen and oxygen atoms in total. The van der Waals surface area contributed by atoms with Crippen molar-refractivity contribution in [2.24, 2.45) is 5.92 Å². The van der Waals surface area contributed by atoms with Gasteiger partial charge in [-0.1, -0.05) is 44.2 Å². The zero-order valence-corrected chi connectivity index (χ0v) is 12.7. The molecule has 2 rings (SSSR count). The average molecular weight is 277 g/mol. The van der Waals surface area contributed by atoms with Crippen molar-refractivity contribution >= 4 is 17.7 Å². The van der Waals surface area contributed by atoms with Crippen molar-refractivity contribution in [2.45, 2.75) is 31.9 Å². The first-order valence-corrected chi connectivity index (χ1v) is 8.16. The highest BCUT2D eigenvalue weighted by Gasteiger charge is 2.22. The summed E-state index contributed by atoms with van der Waals surface area (Å²) in [5, 5.41) is 0.540. The molecule has 0 bridgehead atoms. The second kappa shape index (κ2) is 6.99. The van der Waals surface area contributed by atoms with Gasteiger partial charge in [0.2, 0.25) is 5.91 Å². The quantitative estimate of drug-likeness (QED) is 0.839. The summed E-state index contributed by atoms with van der Waals surface area (Å²) in [6.07, 6.45) is 1.75. The molecule has 104 valence electrons. The lowest BCUT2D eigenvalue weighted by molar-refractivity contribution is -0.131. The van der Waals surface area contributed by atoms with Crippen LogP contribution in [-0.2, 0) is 4.79 Å². The lowest BCUT2D eigenvalue weighted by Crippen LogP contribution is -2.33. The Hall–Kier alpha value is -0.960. The van der Waals surface area contributed by atoms with E-state index in [1.165, 1.54) is 5.56 Å². The molecule has 1 aliphatic rings. The molecule has 19 heavy (non-hydrogen) atoms. The lowest BCUT2D eigenvalue weighted by atomic mass is 10.1. The van der Waals surface area contributed by atoms with Crippen molar-refractivity contribution in [1.82, 2.24) is 4.90 Å². The van der Waals surface area contributed by atoms with Gasteiger partial charge in [0.05, 0.1) is 0 Å². The molecule has 1 unspecified atom stereocenters. The van der Waals surface area contributed by atoms with Gasteiger partial charge in [0.15, 0.2) is 0 Å². The van der Waals surface area contributed by atoms with Gasteiger partial charge >= 0.3 is 0 Å². The maximum Gasteiger partial charge on any atom is 0.222 e. The molecule has 1 fully saturated rings. The summed E-state index contributed by atoms with van der Waals surface area (Å²) in [6.45, 7) is 6.02. The highest BCUT2D eigenvalue weighted by Crippen LogP contribution is 2.34. The molecule has 0 radical (unpaired) electrons. The Morgan fingerprint density at radius 3 is 2.74 bits per heavy atom. The number of hydrogen-bond acceptors (Lipinski definition) is 2. The fourth-order valence-electron chi connectivity index (χ4n) is 2.43. The Labute approximate surface area is 120 Å². The van der Waals surface area contributed by atoms with Crippen LogP contribution >= 0.6 is 11.8 Å². The van der Waals surface area contributed by atoms with Crippen LogP contribution in [0.1, 0.15) is 37.5 Å². The van der Waals surface area contributed by atoms with E-state index in [4.69, 9.17) is 0 Å². The molecule has 1 atom stereocenters. The van der Waals surface area contributed by atoms with Crippen molar-refractivity contribution in [2.75, 3.05) is 18.8 Å². The van der Waals surface area contributed by atoms with Gasteiger partial charge in [0.25, 0.3) is 0 Å². The number of carbonyl (C=O) groups excluding carboxylic acids is 1. The Balaban J connectivity index is 1.93. The van der Waals surface area contributed by atoms with Gasteiger partial charge in [0.1, 0.15) is 0 Å². The minimum Gasteiger partial charge on any atom is -0.342 e. The third-order valence-corrected chi connectivity index (χ3v) is 4.78. The van der Waals surface area contributed by atoms with E-state index < -0.39 is 0 Å². The predicted octanol–water partition coefficient (Wildman–Crippen LogP) is 3.74. The highest BCUT2D eigenvalue weighted by molar-refractivity contribution is 7.99. The maximum absolute atomic E-state index is 12.1. The summed E-state index contributed by atoms with van der Waals surface area (Å²) in [5.41, 5.74) is 1.39. The summed E-state index contributed by atoms with van der Waals surface area (Å²) in [6, 6.07) is 10.7. The summed E-state index contributed by atoms with van der Waals surface area (Å²) in [4.78, 5) is 14.2. The Morgan fingerprint density at radius 1 is 1.32 bits per heavy atom. The van der Waals surface area contributed by atoms with E-state index in [0.29, 0.717) is 23.5 Å². The smallest absolute Gasteiger partial charge is 0.222 e. The van der Waals surface area contributed by atoms with E-state index in [1.807, 2.05) is 11.8 Å². The van der Waals surface area contributed by atoms with Crippen LogP contribution in [0, 0.1) is 5.92 Å². The molecule has 1 heterocycles. The molecular weight excluding hydrogens is 254 g/mol. The number of rotatable bonds is 3. The average Bonchev–Trinajstić information content (AvgIpc) is 2.64. The largest absolute Gasteiger partial charge is 0.342 e. The summed E-state index contributed by atoms with van der Waals surface area (Å²) >= 11 is 1.98. The predicted molar refractivity (Wildman–Crippen MR) is 82.3 cm³/mol. The molecule has 0 spiro atoms. The first-order valence-electron chi connectivity index (χ1n) is 7.11. The van der Waals surface area contributed by atoms with E-state index in [2.05, 4.69) is 49.1 Å². The molecule has 0 saturated carbocycles. The zero-order chi connectivity index (χ0) is 13.7. The normalized spacial score (nSPS) is 20.4. The second-order valence-corrected chi connectivity index (χ2v) is 6.85. The van der Waals surface area contributed by atoms with Crippen LogP contribution < -0.4 is 0 Å². The molecule has 3 heteroatoms. The van der Waals surface area contributed by atoms with Gasteiger partial charge < -0.3 is 4.90 Å². The SMILES string of the molecule is CC(C)CC(=O)N1CCSC(c2ccccc2)CC1. The van der Waals surface area contributed by atoms with Gasteiger partial charge in [-0.2, -0.15) is 11.8 Å². The maximum atomic E-state index is 12.1. The standard InChI is InChI=1S/C16H23NOS/c1-13(2)12-16(18)17-9-8-15(19-11-10-17)14-6-4-3-5-7-14/h3-7,13,15H,8-12H2,1-2H3. The van der Waals surface area contributed by atoms with Crippen molar-refractivity contribution < 1.29 is 4.79 Å². The third-order valence-electron chi connectivity index (χ3n) is 3.45. The van der Waals surface area contributed by atoms with Gasteiger partial charge in [-0.3, -0.25) is 4.79 Å². The van der Waals surface area contributed by atoms with Crippen molar-refractivity contribution in [3.63, 3.8) is 0 Å². The Morgan fingerprint density at radius 2 is 2.05 bits per heavy atom. The molecule has 0 N–H and O–H groups in total. The minimum atomic E-state index is 0.323. The van der Waals surface area contributed by atoms with Gasteiger partial charge in [0, 0.05) is 30.5 Å². The number of thioether (sulfide) groups is 1. The van der Waals surface area contributed by atoms with E-state index >= 15 is 0 Å². The zero-order valence-electron chi connectivity index (χ0n) is 11.8. The number of benzene rings is 1. The molecule has 1 aromatic rings. The van der Waals surface area contributed by atoms with E-state index in [0.717, 1.165) is 25.3 Å². The van der Waals surface area contributed by atoms with Gasteiger partial charge in [-0.05, 0) is 17.9 Å². The molecule has 1 saturated heterocycles. The summed E-state index contributed by atoms with van der Waals surface area (Å²) < 4.78 is 0. The summed E-state index contributed by atoms with van der Waals surface area (Å²) in [5.74, 6) is 1.82. The highest BCUT2D eigenvalue weighted by atomic mass is 32.2. The molecule has 1 amide bonds. The first-order chi connectivity index (χ1) is 9.16. The van der Waals surface area contributed by atoms with Crippen molar-refractivity contribution in [3.05, 3.63) is 35.9 Å². The number of hydrogen-bond donors (Lipinski definition) is 0. The molecule has 0 aliphatic carbocycles. The van der Waals surface area contributed by atoms with Crippen LogP contribution in [0.5, 0.6) is 0 Å². The van der Waals surface area contributed by atoms with Crippen LogP contribution in [-0.4, -0.2) is 29.6 Å². The second-order valence-electron chi connectivity index (χ2n) is 5.54. The lowest BCUT2D eigenvalue weighted by Gasteiger charge is -2.21. The van der Waals surface area contributed by atoms with Crippen LogP contribution in [0.2, 0.25) is 0 Å². The fourth-order valence-corrected chi connectivity index (χ4v) is 3.66.